The average molecular weight is 385 g/mol. The van der Waals surface area contributed by atoms with Crippen LogP contribution in [0.2, 0.25) is 0 Å². The normalized spacial score (nSPS) is 21.1. The zero-order valence-electron chi connectivity index (χ0n) is 16.5. The van der Waals surface area contributed by atoms with Crippen LogP contribution in [-0.2, 0) is 9.53 Å². The zero-order chi connectivity index (χ0) is 19.7. The Hall–Kier alpha value is -2.48. The Morgan fingerprint density at radius 3 is 2.75 bits per heavy atom. The maximum absolute atomic E-state index is 12.9. The van der Waals surface area contributed by atoms with E-state index < -0.39 is 0 Å². The Balaban J connectivity index is 1.57. The van der Waals surface area contributed by atoms with E-state index in [1.165, 1.54) is 4.90 Å². The number of hydrogen-bond donors (Lipinski definition) is 0. The van der Waals surface area contributed by atoms with E-state index in [1.54, 1.807) is 31.0 Å². The fourth-order valence-electron chi connectivity index (χ4n) is 4.23. The summed E-state index contributed by atoms with van der Waals surface area (Å²) in [6.45, 7) is 2.85. The molecule has 0 radical (unpaired) electrons. The number of aromatic nitrogens is 3. The van der Waals surface area contributed by atoms with Crippen LogP contribution in [0, 0.1) is 5.92 Å². The molecular weight excluding hydrogens is 358 g/mol. The first kappa shape index (κ1) is 18.9. The number of nitrogens with zero attached hydrogens (tertiary/aromatic N) is 5. The van der Waals surface area contributed by atoms with Gasteiger partial charge >= 0.3 is 0 Å². The summed E-state index contributed by atoms with van der Waals surface area (Å²) < 4.78 is 7.16. The van der Waals surface area contributed by atoms with Gasteiger partial charge in [0.05, 0.1) is 11.9 Å². The number of piperidine rings is 1. The summed E-state index contributed by atoms with van der Waals surface area (Å²) in [7, 11) is 3.44. The lowest BCUT2D eigenvalue weighted by molar-refractivity contribution is -0.139. The summed E-state index contributed by atoms with van der Waals surface area (Å²) in [5.74, 6) is 0.408. The van der Waals surface area contributed by atoms with Crippen LogP contribution in [0.15, 0.2) is 18.5 Å². The molecule has 28 heavy (non-hydrogen) atoms. The van der Waals surface area contributed by atoms with Gasteiger partial charge in [0, 0.05) is 58.4 Å². The highest BCUT2D eigenvalue weighted by molar-refractivity contribution is 5.99. The number of carbonyl (C=O) groups excluding carboxylic acids is 2. The third kappa shape index (κ3) is 3.48. The quantitative estimate of drug-likeness (QED) is 0.801. The highest BCUT2D eigenvalue weighted by Crippen LogP contribution is 2.29. The Morgan fingerprint density at radius 2 is 2.00 bits per heavy atom. The summed E-state index contributed by atoms with van der Waals surface area (Å²) in [6.07, 6.45) is 6.91. The molecule has 0 aromatic carbocycles. The molecule has 0 spiro atoms. The summed E-state index contributed by atoms with van der Waals surface area (Å²) in [5, 5.41) is 4.44. The van der Waals surface area contributed by atoms with Crippen molar-refractivity contribution >= 4 is 17.5 Å². The predicted molar refractivity (Wildman–Crippen MR) is 103 cm³/mol. The second kappa shape index (κ2) is 7.87. The first-order valence-electron chi connectivity index (χ1n) is 9.97. The van der Waals surface area contributed by atoms with Crippen molar-refractivity contribution in [1.29, 1.82) is 0 Å². The van der Waals surface area contributed by atoms with E-state index in [1.807, 2.05) is 11.0 Å². The van der Waals surface area contributed by atoms with E-state index in [9.17, 15) is 9.59 Å². The van der Waals surface area contributed by atoms with Gasteiger partial charge in [-0.15, -0.1) is 0 Å². The van der Waals surface area contributed by atoms with Gasteiger partial charge in [-0.25, -0.2) is 9.50 Å². The van der Waals surface area contributed by atoms with Crippen LogP contribution in [-0.4, -0.2) is 76.6 Å². The van der Waals surface area contributed by atoms with E-state index >= 15 is 0 Å². The molecule has 8 heteroatoms. The number of fused-ring (bicyclic) bond motifs is 1. The molecule has 150 valence electrons. The summed E-state index contributed by atoms with van der Waals surface area (Å²) in [5.41, 5.74) is 2.08. The molecule has 2 aliphatic rings. The Kier molecular flexibility index (Phi) is 5.30. The third-order valence-corrected chi connectivity index (χ3v) is 5.79. The molecule has 4 heterocycles. The molecule has 0 aliphatic carbocycles. The van der Waals surface area contributed by atoms with Crippen LogP contribution in [0.5, 0.6) is 0 Å². The van der Waals surface area contributed by atoms with Crippen molar-refractivity contribution < 1.29 is 14.3 Å². The number of amides is 2. The van der Waals surface area contributed by atoms with Crippen molar-refractivity contribution in [2.24, 2.45) is 5.92 Å². The number of rotatable bonds is 3. The molecule has 0 bridgehead atoms. The minimum atomic E-state index is -0.111. The first-order chi connectivity index (χ1) is 13.6. The summed E-state index contributed by atoms with van der Waals surface area (Å²) >= 11 is 0. The molecule has 0 saturated carbocycles. The van der Waals surface area contributed by atoms with E-state index in [4.69, 9.17) is 4.74 Å². The predicted octanol–water partition coefficient (Wildman–Crippen LogP) is 1.56. The molecule has 2 fully saturated rings. The van der Waals surface area contributed by atoms with Crippen LogP contribution in [0.1, 0.15) is 47.7 Å². The number of carbonyl (C=O) groups is 2. The zero-order valence-corrected chi connectivity index (χ0v) is 16.5. The minimum absolute atomic E-state index is 0.0824. The highest BCUT2D eigenvalue weighted by atomic mass is 16.5. The fraction of sp³-hybridized carbons (Fsp3) is 0.600. The molecule has 4 rings (SSSR count). The van der Waals surface area contributed by atoms with Crippen molar-refractivity contribution in [2.75, 3.05) is 40.4 Å². The lowest BCUT2D eigenvalue weighted by Gasteiger charge is -2.36. The van der Waals surface area contributed by atoms with E-state index in [0.717, 1.165) is 37.9 Å². The van der Waals surface area contributed by atoms with E-state index in [-0.39, 0.29) is 23.7 Å². The van der Waals surface area contributed by atoms with Crippen molar-refractivity contribution in [3.8, 4) is 0 Å². The Morgan fingerprint density at radius 1 is 1.21 bits per heavy atom. The lowest BCUT2D eigenvalue weighted by Crippen LogP contribution is -2.44. The maximum atomic E-state index is 12.9. The van der Waals surface area contributed by atoms with E-state index in [2.05, 4.69) is 10.1 Å². The number of hydrogen-bond acceptors (Lipinski definition) is 5. The SMILES string of the molecule is CN(C)C(=O)c1cnn2c([C@H]3CCCN(C(=O)C4CCOCC4)C3)ccnc12. The van der Waals surface area contributed by atoms with Crippen LogP contribution >= 0.6 is 0 Å². The molecule has 0 N–H and O–H groups in total. The van der Waals surface area contributed by atoms with Gasteiger partial charge in [0.2, 0.25) is 5.91 Å². The standard InChI is InChI=1S/C20H27N5O3/c1-23(2)20(27)16-12-22-25-17(5-8-21-18(16)25)15-4-3-9-24(13-15)19(26)14-6-10-28-11-7-14/h5,8,12,14-15H,3-4,6-7,9-11,13H2,1-2H3/t15-/m0/s1. The van der Waals surface area contributed by atoms with E-state index in [0.29, 0.717) is 31.0 Å². The Bertz CT molecular complexity index is 872. The second-order valence-corrected chi connectivity index (χ2v) is 7.87. The molecule has 2 amide bonds. The van der Waals surface area contributed by atoms with Crippen molar-refractivity contribution in [3.05, 3.63) is 29.7 Å². The van der Waals surface area contributed by atoms with Crippen molar-refractivity contribution in [1.82, 2.24) is 24.4 Å². The molecule has 1 atom stereocenters. The van der Waals surface area contributed by atoms with Gasteiger partial charge in [0.25, 0.3) is 5.91 Å². The summed E-state index contributed by atoms with van der Waals surface area (Å²) in [6, 6.07) is 1.96. The van der Waals surface area contributed by atoms with Gasteiger partial charge < -0.3 is 14.5 Å². The first-order valence-corrected chi connectivity index (χ1v) is 9.97. The van der Waals surface area contributed by atoms with Crippen LogP contribution in [0.3, 0.4) is 0 Å². The van der Waals surface area contributed by atoms with Gasteiger partial charge in [-0.2, -0.15) is 5.10 Å². The van der Waals surface area contributed by atoms with Gasteiger partial charge in [-0.1, -0.05) is 0 Å². The van der Waals surface area contributed by atoms with Gasteiger partial charge in [-0.3, -0.25) is 9.59 Å². The average Bonchev–Trinajstić information content (AvgIpc) is 3.17. The van der Waals surface area contributed by atoms with Crippen molar-refractivity contribution in [2.45, 2.75) is 31.6 Å². The fourth-order valence-corrected chi connectivity index (χ4v) is 4.23. The minimum Gasteiger partial charge on any atom is -0.381 e. The molecule has 2 aliphatic heterocycles. The monoisotopic (exact) mass is 385 g/mol. The lowest BCUT2D eigenvalue weighted by atomic mass is 9.92. The van der Waals surface area contributed by atoms with Gasteiger partial charge in [0.1, 0.15) is 5.56 Å². The smallest absolute Gasteiger partial charge is 0.258 e. The van der Waals surface area contributed by atoms with Crippen LogP contribution in [0.4, 0.5) is 0 Å². The second-order valence-electron chi connectivity index (χ2n) is 7.87. The maximum Gasteiger partial charge on any atom is 0.258 e. The molecular formula is C20H27N5O3. The van der Waals surface area contributed by atoms with Crippen LogP contribution < -0.4 is 0 Å². The molecule has 8 nitrogen and oxygen atoms in total. The Labute approximate surface area is 164 Å². The summed E-state index contributed by atoms with van der Waals surface area (Å²) in [4.78, 5) is 33.3. The highest BCUT2D eigenvalue weighted by Gasteiger charge is 2.31. The molecule has 2 aromatic rings. The van der Waals surface area contributed by atoms with Gasteiger partial charge in [0.15, 0.2) is 5.65 Å². The number of likely N-dealkylation sites (tertiary alicyclic amines) is 1. The largest absolute Gasteiger partial charge is 0.381 e. The van der Waals surface area contributed by atoms with Gasteiger partial charge in [-0.05, 0) is 31.7 Å². The topological polar surface area (TPSA) is 80.0 Å². The third-order valence-electron chi connectivity index (χ3n) is 5.79. The number of ether oxygens (including phenoxy) is 1. The molecule has 0 unspecified atom stereocenters. The van der Waals surface area contributed by atoms with Crippen LogP contribution in [0.25, 0.3) is 5.65 Å². The molecule has 2 saturated heterocycles. The van der Waals surface area contributed by atoms with Crippen molar-refractivity contribution in [3.63, 3.8) is 0 Å². The molecule has 2 aromatic heterocycles.